The van der Waals surface area contributed by atoms with Crippen molar-refractivity contribution in [3.05, 3.63) is 58.3 Å². The molecule has 2 N–H and O–H groups in total. The van der Waals surface area contributed by atoms with Gasteiger partial charge in [-0.3, -0.25) is 0 Å². The van der Waals surface area contributed by atoms with Crippen molar-refractivity contribution < 1.29 is 4.79 Å². The number of aryl methyl sites for hydroxylation is 3. The highest BCUT2D eigenvalue weighted by molar-refractivity contribution is 6.16. The largest absolute Gasteiger partial charge is 0.357 e. The summed E-state index contributed by atoms with van der Waals surface area (Å²) < 4.78 is 2.08. The lowest BCUT2D eigenvalue weighted by Crippen LogP contribution is -2.37. The SMILES string of the molecule is Cc1c2ccn(C)cc2c(C)c2c1nc1ccc(CNCCNC(=O)N(C)N=O)cc12. The number of hydrogen-bond donors (Lipinski definition) is 2. The van der Waals surface area contributed by atoms with Gasteiger partial charge in [0.2, 0.25) is 0 Å². The normalized spacial score (nSPS) is 11.4. The summed E-state index contributed by atoms with van der Waals surface area (Å²) in [6.45, 7) is 5.97. The van der Waals surface area contributed by atoms with Crippen molar-refractivity contribution in [3.63, 3.8) is 0 Å². The number of nitrogens with one attached hydrogen (secondary N) is 2. The first kappa shape index (κ1) is 20.7. The number of amides is 2. The Kier molecular flexibility index (Phi) is 5.56. The molecule has 2 amide bonds. The van der Waals surface area contributed by atoms with Crippen molar-refractivity contribution in [2.24, 2.45) is 12.3 Å². The number of carbonyl (C=O) groups is 1. The molecule has 0 saturated carbocycles. The molecular weight excluding hydrogens is 392 g/mol. The molecule has 8 heteroatoms. The number of nitrogens with zero attached hydrogens (tertiary/aromatic N) is 4. The van der Waals surface area contributed by atoms with Gasteiger partial charge >= 0.3 is 6.03 Å². The minimum Gasteiger partial charge on any atom is -0.357 e. The molecule has 0 fully saturated rings. The first-order chi connectivity index (χ1) is 14.9. The number of urea groups is 1. The number of rotatable bonds is 6. The molecule has 0 aliphatic heterocycles. The molecule has 0 bridgehead atoms. The van der Waals surface area contributed by atoms with E-state index in [2.05, 4.69) is 71.0 Å². The Bertz CT molecular complexity index is 1310. The van der Waals surface area contributed by atoms with Crippen LogP contribution in [0.1, 0.15) is 16.7 Å². The van der Waals surface area contributed by atoms with Crippen molar-refractivity contribution in [2.75, 3.05) is 20.1 Å². The van der Waals surface area contributed by atoms with Gasteiger partial charge in [0.15, 0.2) is 0 Å². The molecule has 31 heavy (non-hydrogen) atoms. The van der Waals surface area contributed by atoms with Crippen LogP contribution in [0.2, 0.25) is 0 Å². The van der Waals surface area contributed by atoms with Gasteiger partial charge in [0.05, 0.1) is 16.3 Å². The van der Waals surface area contributed by atoms with Gasteiger partial charge in [0.25, 0.3) is 0 Å². The molecule has 2 aromatic heterocycles. The monoisotopic (exact) mass is 418 g/mol. The molecular formula is C23H26N6O2. The Morgan fingerprint density at radius 1 is 1.13 bits per heavy atom. The van der Waals surface area contributed by atoms with Crippen molar-refractivity contribution >= 4 is 38.6 Å². The topological polar surface area (TPSA) is 91.6 Å². The van der Waals surface area contributed by atoms with Crippen LogP contribution < -0.4 is 10.6 Å². The van der Waals surface area contributed by atoms with Crippen molar-refractivity contribution in [2.45, 2.75) is 20.4 Å². The summed E-state index contributed by atoms with van der Waals surface area (Å²) >= 11 is 0. The Labute approximate surface area is 180 Å². The van der Waals surface area contributed by atoms with Gasteiger partial charge in [0, 0.05) is 62.3 Å². The number of pyridine rings is 1. The lowest BCUT2D eigenvalue weighted by atomic mass is 9.96. The van der Waals surface area contributed by atoms with Crippen LogP contribution in [0, 0.1) is 18.8 Å². The Hall–Kier alpha value is -3.52. The third-order valence-electron chi connectivity index (χ3n) is 5.76. The Morgan fingerprint density at radius 3 is 2.71 bits per heavy atom. The highest BCUT2D eigenvalue weighted by Crippen LogP contribution is 2.36. The van der Waals surface area contributed by atoms with Gasteiger partial charge in [-0.25, -0.2) is 9.78 Å². The zero-order valence-corrected chi connectivity index (χ0v) is 18.2. The summed E-state index contributed by atoms with van der Waals surface area (Å²) in [4.78, 5) is 26.8. The summed E-state index contributed by atoms with van der Waals surface area (Å²) in [5, 5.41) is 14.1. The second kappa shape index (κ2) is 8.31. The van der Waals surface area contributed by atoms with E-state index in [0.29, 0.717) is 19.6 Å². The number of benzene rings is 2. The van der Waals surface area contributed by atoms with E-state index >= 15 is 0 Å². The molecule has 2 aromatic carbocycles. The predicted octanol–water partition coefficient (Wildman–Crippen LogP) is 3.91. The summed E-state index contributed by atoms with van der Waals surface area (Å²) in [6.07, 6.45) is 4.25. The second-order valence-corrected chi connectivity index (χ2v) is 7.89. The van der Waals surface area contributed by atoms with Crippen LogP contribution in [0.4, 0.5) is 4.79 Å². The first-order valence-corrected chi connectivity index (χ1v) is 10.2. The molecule has 4 rings (SSSR count). The van der Waals surface area contributed by atoms with Gasteiger partial charge in [0.1, 0.15) is 0 Å². The van der Waals surface area contributed by atoms with E-state index in [1.807, 2.05) is 7.05 Å². The van der Waals surface area contributed by atoms with Crippen LogP contribution >= 0.6 is 0 Å². The zero-order valence-electron chi connectivity index (χ0n) is 18.2. The van der Waals surface area contributed by atoms with Crippen LogP contribution in [0.15, 0.2) is 41.9 Å². The summed E-state index contributed by atoms with van der Waals surface area (Å²) in [5.74, 6) is 0. The van der Waals surface area contributed by atoms with Crippen molar-refractivity contribution in [1.82, 2.24) is 25.2 Å². The lowest BCUT2D eigenvalue weighted by Gasteiger charge is -2.11. The summed E-state index contributed by atoms with van der Waals surface area (Å²) in [7, 11) is 3.36. The van der Waals surface area contributed by atoms with E-state index < -0.39 is 6.03 Å². The minimum absolute atomic E-state index is 0.406. The Morgan fingerprint density at radius 2 is 1.94 bits per heavy atom. The van der Waals surface area contributed by atoms with Crippen molar-refractivity contribution in [1.29, 1.82) is 0 Å². The molecule has 2 heterocycles. The fourth-order valence-corrected chi connectivity index (χ4v) is 4.07. The number of carbonyl (C=O) groups excluding carboxylic acids is 1. The molecule has 0 atom stereocenters. The third-order valence-corrected chi connectivity index (χ3v) is 5.76. The number of hydrogen-bond acceptors (Lipinski definition) is 5. The maximum absolute atomic E-state index is 11.5. The third kappa shape index (κ3) is 3.82. The summed E-state index contributed by atoms with van der Waals surface area (Å²) in [6, 6.07) is 7.99. The van der Waals surface area contributed by atoms with E-state index in [0.717, 1.165) is 27.0 Å². The molecule has 0 radical (unpaired) electrons. The molecule has 0 saturated heterocycles. The molecule has 4 aromatic rings. The average Bonchev–Trinajstić information content (AvgIpc) is 3.15. The Balaban J connectivity index is 1.58. The number of fused-ring (bicyclic) bond motifs is 4. The molecule has 0 unspecified atom stereocenters. The van der Waals surface area contributed by atoms with E-state index in [9.17, 15) is 9.70 Å². The van der Waals surface area contributed by atoms with Gasteiger partial charge in [-0.15, -0.1) is 4.91 Å². The first-order valence-electron chi connectivity index (χ1n) is 10.2. The van der Waals surface area contributed by atoms with E-state index in [1.165, 1.54) is 34.3 Å². The molecule has 0 spiro atoms. The van der Waals surface area contributed by atoms with Crippen molar-refractivity contribution in [3.8, 4) is 0 Å². The van der Waals surface area contributed by atoms with E-state index in [4.69, 9.17) is 4.98 Å². The van der Waals surface area contributed by atoms with Crippen LogP contribution in [0.25, 0.3) is 32.6 Å². The van der Waals surface area contributed by atoms with Gasteiger partial charge in [-0.2, -0.15) is 5.01 Å². The summed E-state index contributed by atoms with van der Waals surface area (Å²) in [5.41, 5.74) is 5.67. The molecule has 0 aliphatic carbocycles. The zero-order chi connectivity index (χ0) is 22.1. The molecule has 8 nitrogen and oxygen atoms in total. The average molecular weight is 419 g/mol. The van der Waals surface area contributed by atoms with E-state index in [-0.39, 0.29) is 0 Å². The quantitative estimate of drug-likeness (QED) is 0.282. The highest BCUT2D eigenvalue weighted by Gasteiger charge is 2.15. The smallest absolute Gasteiger partial charge is 0.340 e. The molecule has 0 aliphatic rings. The van der Waals surface area contributed by atoms with Crippen LogP contribution in [-0.4, -0.2) is 40.7 Å². The van der Waals surface area contributed by atoms with E-state index in [1.54, 1.807) is 0 Å². The lowest BCUT2D eigenvalue weighted by molar-refractivity contribution is 0.210. The number of nitroso groups, excluding NO2 is 1. The van der Waals surface area contributed by atoms with Crippen LogP contribution in [-0.2, 0) is 13.6 Å². The maximum Gasteiger partial charge on any atom is 0.340 e. The fourth-order valence-electron chi connectivity index (χ4n) is 4.07. The van der Waals surface area contributed by atoms with Crippen LogP contribution in [0.5, 0.6) is 0 Å². The highest BCUT2D eigenvalue weighted by atomic mass is 16.3. The van der Waals surface area contributed by atoms with Gasteiger partial charge in [-0.1, -0.05) is 6.07 Å². The minimum atomic E-state index is -0.515. The predicted molar refractivity (Wildman–Crippen MR) is 124 cm³/mol. The number of aromatic nitrogens is 2. The second-order valence-electron chi connectivity index (χ2n) is 7.89. The van der Waals surface area contributed by atoms with Gasteiger partial charge in [-0.05, 0) is 54.1 Å². The fraction of sp³-hybridized carbons (Fsp3) is 0.304. The maximum atomic E-state index is 11.5. The van der Waals surface area contributed by atoms with Crippen LogP contribution in [0.3, 0.4) is 0 Å². The standard InChI is InChI=1S/C23H26N6O2/c1-14-19-13-28(3)10-7-17(19)15(2)22-21(14)18-11-16(5-6-20(18)26-22)12-24-8-9-25-23(30)29(4)27-31/h5-7,10-11,13,24H,8-9,12H2,1-4H3,(H,25,30). The van der Waals surface area contributed by atoms with Gasteiger partial charge < -0.3 is 15.2 Å². The molecule has 160 valence electrons.